The predicted octanol–water partition coefficient (Wildman–Crippen LogP) is 2.99. The molecule has 1 atom stereocenters. The zero-order valence-electron chi connectivity index (χ0n) is 14.2. The zero-order chi connectivity index (χ0) is 17.1. The lowest BCUT2D eigenvalue weighted by Gasteiger charge is -2.16. The first-order chi connectivity index (χ1) is 12.3. The van der Waals surface area contributed by atoms with Crippen LogP contribution in [0, 0.1) is 0 Å². The molecular weight excluding hydrogens is 314 g/mol. The monoisotopic (exact) mass is 335 g/mol. The average Bonchev–Trinajstić information content (AvgIpc) is 3.26. The summed E-state index contributed by atoms with van der Waals surface area (Å²) in [6, 6.07) is 8.19. The highest BCUT2D eigenvalue weighted by Gasteiger charge is 2.26. The second kappa shape index (κ2) is 7.03. The van der Waals surface area contributed by atoms with Gasteiger partial charge in [0.25, 0.3) is 0 Å². The number of nitrogens with zero attached hydrogens (tertiary/aromatic N) is 5. The molecule has 1 saturated heterocycles. The lowest BCUT2D eigenvalue weighted by atomic mass is 10.1. The minimum absolute atomic E-state index is 0.507. The summed E-state index contributed by atoms with van der Waals surface area (Å²) in [5, 5.41) is 0. The standard InChI is InChI=1S/C19H21N5O/c1-23-11-9-22-19(23)16-6-10-24(14-16)13-15-2-4-17(5-3-15)25-18-12-20-7-8-21-18/h2-5,7-9,11-12,16H,6,10,13-14H2,1H3. The first kappa shape index (κ1) is 15.8. The van der Waals surface area contributed by atoms with Gasteiger partial charge in [-0.15, -0.1) is 0 Å². The van der Waals surface area contributed by atoms with Crippen molar-refractivity contribution in [3.05, 3.63) is 66.6 Å². The highest BCUT2D eigenvalue weighted by molar-refractivity contribution is 5.30. The topological polar surface area (TPSA) is 56.1 Å². The molecule has 1 fully saturated rings. The molecule has 0 saturated carbocycles. The molecule has 0 radical (unpaired) electrons. The van der Waals surface area contributed by atoms with Crippen molar-refractivity contribution in [2.45, 2.75) is 18.9 Å². The number of aryl methyl sites for hydroxylation is 1. The molecule has 1 aromatic carbocycles. The van der Waals surface area contributed by atoms with Crippen molar-refractivity contribution in [1.82, 2.24) is 24.4 Å². The second-order valence-electron chi connectivity index (χ2n) is 6.41. The number of imidazole rings is 1. The van der Waals surface area contributed by atoms with E-state index in [1.54, 1.807) is 18.6 Å². The SMILES string of the molecule is Cn1ccnc1C1CCN(Cc2ccc(Oc3cnccn3)cc2)C1. The summed E-state index contributed by atoms with van der Waals surface area (Å²) in [6.45, 7) is 3.12. The smallest absolute Gasteiger partial charge is 0.237 e. The molecule has 0 amide bonds. The van der Waals surface area contributed by atoms with E-state index in [0.717, 1.165) is 25.4 Å². The van der Waals surface area contributed by atoms with Crippen LogP contribution in [0.3, 0.4) is 0 Å². The molecule has 1 aliphatic rings. The van der Waals surface area contributed by atoms with E-state index in [2.05, 4.69) is 43.6 Å². The van der Waals surface area contributed by atoms with Gasteiger partial charge in [0.1, 0.15) is 11.6 Å². The lowest BCUT2D eigenvalue weighted by molar-refractivity contribution is 0.325. The molecule has 3 heterocycles. The fraction of sp³-hybridized carbons (Fsp3) is 0.316. The maximum Gasteiger partial charge on any atom is 0.237 e. The van der Waals surface area contributed by atoms with Crippen LogP contribution in [-0.4, -0.2) is 37.5 Å². The Balaban J connectivity index is 1.35. The summed E-state index contributed by atoms with van der Waals surface area (Å²) in [5.74, 6) is 3.00. The van der Waals surface area contributed by atoms with Crippen LogP contribution in [0.15, 0.2) is 55.2 Å². The third-order valence-corrected chi connectivity index (χ3v) is 4.59. The minimum Gasteiger partial charge on any atom is -0.438 e. The summed E-state index contributed by atoms with van der Waals surface area (Å²) in [7, 11) is 2.07. The molecular formula is C19H21N5O. The predicted molar refractivity (Wildman–Crippen MR) is 94.4 cm³/mol. The van der Waals surface area contributed by atoms with Crippen LogP contribution in [0.5, 0.6) is 11.6 Å². The number of hydrogen-bond donors (Lipinski definition) is 0. The van der Waals surface area contributed by atoms with Crippen molar-refractivity contribution < 1.29 is 4.74 Å². The van der Waals surface area contributed by atoms with E-state index in [4.69, 9.17) is 4.74 Å². The molecule has 0 bridgehead atoms. The highest BCUT2D eigenvalue weighted by Crippen LogP contribution is 2.27. The normalized spacial score (nSPS) is 17.7. The number of likely N-dealkylation sites (tertiary alicyclic amines) is 1. The fourth-order valence-corrected chi connectivity index (χ4v) is 3.34. The Morgan fingerprint density at radius 3 is 2.72 bits per heavy atom. The van der Waals surface area contributed by atoms with Crippen LogP contribution in [0.4, 0.5) is 0 Å². The number of benzene rings is 1. The van der Waals surface area contributed by atoms with E-state index >= 15 is 0 Å². The van der Waals surface area contributed by atoms with Gasteiger partial charge in [-0.05, 0) is 30.7 Å². The Labute approximate surface area is 147 Å². The van der Waals surface area contributed by atoms with Crippen molar-refractivity contribution in [1.29, 1.82) is 0 Å². The first-order valence-corrected chi connectivity index (χ1v) is 8.50. The zero-order valence-corrected chi connectivity index (χ0v) is 14.2. The van der Waals surface area contributed by atoms with Crippen LogP contribution in [-0.2, 0) is 13.6 Å². The number of hydrogen-bond acceptors (Lipinski definition) is 5. The van der Waals surface area contributed by atoms with Gasteiger partial charge < -0.3 is 9.30 Å². The molecule has 0 spiro atoms. The summed E-state index contributed by atoms with van der Waals surface area (Å²) in [6.07, 6.45) is 9.93. The quantitative estimate of drug-likeness (QED) is 0.717. The van der Waals surface area contributed by atoms with Crippen molar-refractivity contribution >= 4 is 0 Å². The second-order valence-corrected chi connectivity index (χ2v) is 6.41. The van der Waals surface area contributed by atoms with Crippen LogP contribution in [0.1, 0.15) is 23.7 Å². The Kier molecular flexibility index (Phi) is 4.43. The van der Waals surface area contributed by atoms with Gasteiger partial charge >= 0.3 is 0 Å². The van der Waals surface area contributed by atoms with Crippen molar-refractivity contribution in [2.75, 3.05) is 13.1 Å². The van der Waals surface area contributed by atoms with Gasteiger partial charge in [-0.3, -0.25) is 9.88 Å². The molecule has 0 aliphatic carbocycles. The molecule has 2 aromatic heterocycles. The van der Waals surface area contributed by atoms with Gasteiger partial charge in [-0.1, -0.05) is 12.1 Å². The Hall–Kier alpha value is -2.73. The van der Waals surface area contributed by atoms with E-state index in [1.807, 2.05) is 24.5 Å². The van der Waals surface area contributed by atoms with E-state index < -0.39 is 0 Å². The van der Waals surface area contributed by atoms with E-state index in [9.17, 15) is 0 Å². The Bertz CT molecular complexity index is 815. The van der Waals surface area contributed by atoms with Crippen molar-refractivity contribution in [3.63, 3.8) is 0 Å². The molecule has 3 aromatic rings. The summed E-state index contributed by atoms with van der Waals surface area (Å²) >= 11 is 0. The maximum absolute atomic E-state index is 5.68. The largest absolute Gasteiger partial charge is 0.438 e. The van der Waals surface area contributed by atoms with Gasteiger partial charge in [0.2, 0.25) is 5.88 Å². The van der Waals surface area contributed by atoms with Crippen LogP contribution in [0.25, 0.3) is 0 Å². The number of aromatic nitrogens is 4. The van der Waals surface area contributed by atoms with Crippen LogP contribution in [0.2, 0.25) is 0 Å². The van der Waals surface area contributed by atoms with Gasteiger partial charge in [-0.25, -0.2) is 9.97 Å². The maximum atomic E-state index is 5.68. The fourth-order valence-electron chi connectivity index (χ4n) is 3.34. The Morgan fingerprint density at radius 2 is 2.00 bits per heavy atom. The average molecular weight is 335 g/mol. The van der Waals surface area contributed by atoms with E-state index in [-0.39, 0.29) is 0 Å². The third-order valence-electron chi connectivity index (χ3n) is 4.59. The van der Waals surface area contributed by atoms with Crippen molar-refractivity contribution in [2.24, 2.45) is 7.05 Å². The molecule has 1 aliphatic heterocycles. The Morgan fingerprint density at radius 1 is 1.12 bits per heavy atom. The van der Waals surface area contributed by atoms with Crippen LogP contribution < -0.4 is 4.74 Å². The lowest BCUT2D eigenvalue weighted by Crippen LogP contribution is -2.20. The van der Waals surface area contributed by atoms with Crippen molar-refractivity contribution in [3.8, 4) is 11.6 Å². The first-order valence-electron chi connectivity index (χ1n) is 8.50. The molecule has 6 nitrogen and oxygen atoms in total. The van der Waals surface area contributed by atoms with Gasteiger partial charge in [0.05, 0.1) is 6.20 Å². The van der Waals surface area contributed by atoms with Crippen LogP contribution >= 0.6 is 0 Å². The molecule has 6 heteroatoms. The van der Waals surface area contributed by atoms with Gasteiger partial charge in [-0.2, -0.15) is 0 Å². The highest BCUT2D eigenvalue weighted by atomic mass is 16.5. The summed E-state index contributed by atoms with van der Waals surface area (Å²) in [4.78, 5) is 15.1. The molecule has 1 unspecified atom stereocenters. The third kappa shape index (κ3) is 3.69. The minimum atomic E-state index is 0.507. The van der Waals surface area contributed by atoms with E-state index in [0.29, 0.717) is 11.8 Å². The van der Waals surface area contributed by atoms with Gasteiger partial charge in [0.15, 0.2) is 0 Å². The molecule has 25 heavy (non-hydrogen) atoms. The van der Waals surface area contributed by atoms with E-state index in [1.165, 1.54) is 17.8 Å². The molecule has 4 rings (SSSR count). The van der Waals surface area contributed by atoms with Gasteiger partial charge in [0, 0.05) is 50.8 Å². The number of ether oxygens (including phenoxy) is 1. The number of rotatable bonds is 5. The molecule has 128 valence electrons. The molecule has 0 N–H and O–H groups in total. The summed E-state index contributed by atoms with van der Waals surface area (Å²) < 4.78 is 7.82. The summed E-state index contributed by atoms with van der Waals surface area (Å²) in [5.41, 5.74) is 1.28.